The number of carbonyl (C=O) groups is 3. The van der Waals surface area contributed by atoms with E-state index in [9.17, 15) is 14.4 Å². The molecule has 0 unspecified atom stereocenters. The Morgan fingerprint density at radius 1 is 1.09 bits per heavy atom. The first kappa shape index (κ1) is 19.6. The van der Waals surface area contributed by atoms with Crippen molar-refractivity contribution in [2.75, 3.05) is 26.3 Å². The first-order valence-electron chi connectivity index (χ1n) is 6.68. The molecule has 0 saturated carbocycles. The Balaban J connectivity index is 0.000000425. The van der Waals surface area contributed by atoms with Crippen molar-refractivity contribution in [2.24, 2.45) is 0 Å². The Labute approximate surface area is 129 Å². The Morgan fingerprint density at radius 3 is 1.95 bits per heavy atom. The third-order valence-corrected chi connectivity index (χ3v) is 2.23. The van der Waals surface area contributed by atoms with Crippen LogP contribution in [0.1, 0.15) is 24.2 Å². The standard InChI is InChI=1S/C8H15NO4.C7H6O2/c1-7(10)12-5-3-9-4-6-13-8(2)11;8-5-6-3-1-2-4-7(6)9/h9H,3-6H2,1-2H3;1-5,9H. The summed E-state index contributed by atoms with van der Waals surface area (Å²) >= 11 is 0. The SMILES string of the molecule is CC(=O)OCCNCCOC(C)=O.O=Cc1ccccc1O. The summed E-state index contributed by atoms with van der Waals surface area (Å²) in [6.45, 7) is 4.55. The molecule has 1 aromatic rings. The summed E-state index contributed by atoms with van der Waals surface area (Å²) in [6, 6.07) is 6.40. The fraction of sp³-hybridized carbons (Fsp3) is 0.400. The third kappa shape index (κ3) is 11.4. The molecule has 0 aromatic heterocycles. The zero-order valence-electron chi connectivity index (χ0n) is 12.7. The van der Waals surface area contributed by atoms with Crippen LogP contribution in [0.2, 0.25) is 0 Å². The molecule has 0 bridgehead atoms. The lowest BCUT2D eigenvalue weighted by Crippen LogP contribution is -2.25. The van der Waals surface area contributed by atoms with E-state index in [1.807, 2.05) is 0 Å². The number of para-hydroxylation sites is 1. The van der Waals surface area contributed by atoms with Gasteiger partial charge in [0.2, 0.25) is 0 Å². The van der Waals surface area contributed by atoms with Crippen LogP contribution in [0.4, 0.5) is 0 Å². The number of rotatable bonds is 7. The van der Waals surface area contributed by atoms with E-state index in [0.29, 0.717) is 38.2 Å². The van der Waals surface area contributed by atoms with E-state index in [4.69, 9.17) is 5.11 Å². The molecule has 0 radical (unpaired) electrons. The molecule has 0 amide bonds. The van der Waals surface area contributed by atoms with Crippen molar-refractivity contribution in [1.82, 2.24) is 5.32 Å². The number of benzene rings is 1. The number of hydrogen-bond acceptors (Lipinski definition) is 7. The molecule has 1 rings (SSSR count). The predicted molar refractivity (Wildman–Crippen MR) is 79.6 cm³/mol. The first-order valence-corrected chi connectivity index (χ1v) is 6.68. The number of nitrogens with one attached hydrogen (secondary N) is 1. The summed E-state index contributed by atoms with van der Waals surface area (Å²) in [7, 11) is 0. The number of hydrogen-bond donors (Lipinski definition) is 2. The average molecular weight is 311 g/mol. The number of esters is 2. The van der Waals surface area contributed by atoms with Crippen LogP contribution in [0, 0.1) is 0 Å². The Bertz CT molecular complexity index is 457. The van der Waals surface area contributed by atoms with Crippen molar-refractivity contribution < 1.29 is 29.0 Å². The van der Waals surface area contributed by atoms with Crippen LogP contribution in [0.3, 0.4) is 0 Å². The number of aromatic hydroxyl groups is 1. The van der Waals surface area contributed by atoms with Gasteiger partial charge in [-0.3, -0.25) is 14.4 Å². The number of phenols is 1. The maximum atomic E-state index is 10.3. The van der Waals surface area contributed by atoms with Gasteiger partial charge in [-0.15, -0.1) is 0 Å². The quantitative estimate of drug-likeness (QED) is 0.438. The third-order valence-electron chi connectivity index (χ3n) is 2.23. The largest absolute Gasteiger partial charge is 0.507 e. The molecular weight excluding hydrogens is 290 g/mol. The van der Waals surface area contributed by atoms with Crippen molar-refractivity contribution >= 4 is 18.2 Å². The van der Waals surface area contributed by atoms with Gasteiger partial charge in [-0.25, -0.2) is 0 Å². The van der Waals surface area contributed by atoms with E-state index in [2.05, 4.69) is 14.8 Å². The highest BCUT2D eigenvalue weighted by molar-refractivity contribution is 5.78. The summed E-state index contributed by atoms with van der Waals surface area (Å²) in [4.78, 5) is 30.7. The molecule has 0 spiro atoms. The lowest BCUT2D eigenvalue weighted by Gasteiger charge is -2.04. The van der Waals surface area contributed by atoms with E-state index >= 15 is 0 Å². The molecule has 0 atom stereocenters. The van der Waals surface area contributed by atoms with E-state index < -0.39 is 0 Å². The number of phenolic OH excluding ortho intramolecular Hbond substituents is 1. The van der Waals surface area contributed by atoms with Gasteiger partial charge < -0.3 is 19.9 Å². The van der Waals surface area contributed by atoms with E-state index in [-0.39, 0.29) is 17.7 Å². The molecule has 22 heavy (non-hydrogen) atoms. The monoisotopic (exact) mass is 311 g/mol. The van der Waals surface area contributed by atoms with Crippen molar-refractivity contribution in [3.05, 3.63) is 29.8 Å². The van der Waals surface area contributed by atoms with Crippen LogP contribution in [-0.2, 0) is 19.1 Å². The molecule has 0 fully saturated rings. The summed E-state index contributed by atoms with van der Waals surface area (Å²) in [5.41, 5.74) is 0.331. The molecule has 7 nitrogen and oxygen atoms in total. The Hall–Kier alpha value is -2.41. The van der Waals surface area contributed by atoms with Crippen LogP contribution in [-0.4, -0.2) is 49.6 Å². The highest BCUT2D eigenvalue weighted by Crippen LogP contribution is 2.11. The molecule has 0 aliphatic heterocycles. The topological polar surface area (TPSA) is 102 Å². The van der Waals surface area contributed by atoms with Crippen LogP contribution < -0.4 is 5.32 Å². The fourth-order valence-corrected chi connectivity index (χ4v) is 1.25. The molecule has 2 N–H and O–H groups in total. The summed E-state index contributed by atoms with van der Waals surface area (Å²) in [5, 5.41) is 11.8. The number of aldehydes is 1. The molecule has 0 aliphatic rings. The maximum absolute atomic E-state index is 10.3. The summed E-state index contributed by atoms with van der Waals surface area (Å²) < 4.78 is 9.32. The lowest BCUT2D eigenvalue weighted by atomic mass is 10.2. The minimum Gasteiger partial charge on any atom is -0.507 e. The maximum Gasteiger partial charge on any atom is 0.302 e. The first-order chi connectivity index (χ1) is 10.5. The van der Waals surface area contributed by atoms with Crippen LogP contribution in [0.5, 0.6) is 5.75 Å². The van der Waals surface area contributed by atoms with Crippen molar-refractivity contribution in [3.8, 4) is 5.75 Å². The lowest BCUT2D eigenvalue weighted by molar-refractivity contribution is -0.141. The predicted octanol–water partition coefficient (Wildman–Crippen LogP) is 0.907. The summed E-state index contributed by atoms with van der Waals surface area (Å²) in [5.74, 6) is -0.545. The zero-order chi connectivity index (χ0) is 16.8. The van der Waals surface area contributed by atoms with Gasteiger partial charge in [-0.1, -0.05) is 12.1 Å². The second-order valence-electron chi connectivity index (χ2n) is 4.11. The molecule has 0 saturated heterocycles. The van der Waals surface area contributed by atoms with E-state index in [1.165, 1.54) is 19.9 Å². The molecule has 1 aromatic carbocycles. The normalized spacial score (nSPS) is 9.18. The zero-order valence-corrected chi connectivity index (χ0v) is 12.7. The van der Waals surface area contributed by atoms with Crippen molar-refractivity contribution in [3.63, 3.8) is 0 Å². The van der Waals surface area contributed by atoms with Gasteiger partial charge >= 0.3 is 11.9 Å². The van der Waals surface area contributed by atoms with Crippen LogP contribution in [0.25, 0.3) is 0 Å². The minimum atomic E-state index is -0.290. The average Bonchev–Trinajstić information content (AvgIpc) is 2.47. The molecule has 0 heterocycles. The molecular formula is C15H21NO6. The summed E-state index contributed by atoms with van der Waals surface area (Å²) in [6.07, 6.45) is 0.620. The van der Waals surface area contributed by atoms with Gasteiger partial charge in [0.15, 0.2) is 6.29 Å². The van der Waals surface area contributed by atoms with Gasteiger partial charge in [0.05, 0.1) is 5.56 Å². The Morgan fingerprint density at radius 2 is 1.59 bits per heavy atom. The Kier molecular flexibility index (Phi) is 11.0. The molecule has 7 heteroatoms. The van der Waals surface area contributed by atoms with Gasteiger partial charge in [0.1, 0.15) is 19.0 Å². The van der Waals surface area contributed by atoms with Gasteiger partial charge in [-0.2, -0.15) is 0 Å². The minimum absolute atomic E-state index is 0.0347. The van der Waals surface area contributed by atoms with Crippen LogP contribution >= 0.6 is 0 Å². The second kappa shape index (κ2) is 12.3. The number of ether oxygens (including phenoxy) is 2. The number of carbonyl (C=O) groups excluding carboxylic acids is 3. The van der Waals surface area contributed by atoms with Crippen molar-refractivity contribution in [2.45, 2.75) is 13.8 Å². The van der Waals surface area contributed by atoms with E-state index in [1.54, 1.807) is 18.2 Å². The van der Waals surface area contributed by atoms with Gasteiger partial charge in [0.25, 0.3) is 0 Å². The second-order valence-corrected chi connectivity index (χ2v) is 4.11. The van der Waals surface area contributed by atoms with Gasteiger partial charge in [-0.05, 0) is 12.1 Å². The highest BCUT2D eigenvalue weighted by atomic mass is 16.5. The van der Waals surface area contributed by atoms with Crippen LogP contribution in [0.15, 0.2) is 24.3 Å². The molecule has 0 aliphatic carbocycles. The van der Waals surface area contributed by atoms with E-state index in [0.717, 1.165) is 0 Å². The molecule has 122 valence electrons. The fourth-order valence-electron chi connectivity index (χ4n) is 1.25. The van der Waals surface area contributed by atoms with Gasteiger partial charge in [0, 0.05) is 26.9 Å². The van der Waals surface area contributed by atoms with Crippen molar-refractivity contribution in [1.29, 1.82) is 0 Å². The highest BCUT2D eigenvalue weighted by Gasteiger charge is 1.94. The smallest absolute Gasteiger partial charge is 0.302 e.